The molecule has 0 heterocycles. The van der Waals surface area contributed by atoms with Gasteiger partial charge < -0.3 is 15.5 Å². The first-order valence-electron chi connectivity index (χ1n) is 6.72. The van der Waals surface area contributed by atoms with Crippen LogP contribution in [0.2, 0.25) is 0 Å². The summed E-state index contributed by atoms with van der Waals surface area (Å²) >= 11 is 0. The summed E-state index contributed by atoms with van der Waals surface area (Å²) in [5, 5.41) is 21.1. The minimum absolute atomic E-state index is 0.237. The van der Waals surface area contributed by atoms with Crippen LogP contribution in [0.5, 0.6) is 5.75 Å². The van der Waals surface area contributed by atoms with E-state index in [-0.39, 0.29) is 12.4 Å². The van der Waals surface area contributed by atoms with Crippen molar-refractivity contribution in [1.29, 1.82) is 0 Å². The molecule has 0 aliphatic heterocycles. The summed E-state index contributed by atoms with van der Waals surface area (Å²) < 4.78 is 12.5. The van der Waals surface area contributed by atoms with Gasteiger partial charge in [0.2, 0.25) is 0 Å². The highest BCUT2D eigenvalue weighted by Crippen LogP contribution is 2.15. The van der Waals surface area contributed by atoms with E-state index in [1.165, 1.54) is 0 Å². The molecule has 1 unspecified atom stereocenters. The van der Waals surface area contributed by atoms with Crippen LogP contribution in [-0.2, 0) is 0 Å². The summed E-state index contributed by atoms with van der Waals surface area (Å²) in [5.74, 6) is 0.244. The van der Waals surface area contributed by atoms with Crippen molar-refractivity contribution in [2.45, 2.75) is 6.04 Å². The van der Waals surface area contributed by atoms with Crippen molar-refractivity contribution in [1.82, 2.24) is 0 Å². The van der Waals surface area contributed by atoms with Crippen molar-refractivity contribution in [3.8, 4) is 5.75 Å². The fourth-order valence-electron chi connectivity index (χ4n) is 1.84. The zero-order valence-corrected chi connectivity index (χ0v) is 11.5. The van der Waals surface area contributed by atoms with Crippen molar-refractivity contribution < 1.29 is 14.6 Å². The second kappa shape index (κ2) is 7.45. The molecule has 0 aliphatic rings. The van der Waals surface area contributed by atoms with Crippen molar-refractivity contribution in [3.05, 3.63) is 59.7 Å². The largest absolute Gasteiger partial charge is 0.508 e. The molecule has 4 heteroatoms. The molecule has 0 spiro atoms. The number of hydrogen-bond acceptors (Lipinski definition) is 3. The van der Waals surface area contributed by atoms with Crippen LogP contribution in [0.25, 0.3) is 12.2 Å². The van der Waals surface area contributed by atoms with Crippen LogP contribution < -0.4 is 5.32 Å². The van der Waals surface area contributed by atoms with E-state index in [2.05, 4.69) is 5.32 Å². The molecule has 0 radical (unpaired) electrons. The lowest BCUT2D eigenvalue weighted by molar-refractivity contribution is 0.252. The highest BCUT2D eigenvalue weighted by molar-refractivity contribution is 5.70. The lowest BCUT2D eigenvalue weighted by Crippen LogP contribution is -2.25. The number of aromatic hydroxyl groups is 1. The summed E-state index contributed by atoms with van der Waals surface area (Å²) in [5.41, 5.74) is 2.77. The van der Waals surface area contributed by atoms with Crippen molar-refractivity contribution in [2.75, 3.05) is 18.6 Å². The van der Waals surface area contributed by atoms with Gasteiger partial charge in [-0.25, -0.2) is 4.39 Å². The standard InChI is InChI=1S/C17H18FNO2/c18-11-16(12-20)19-15-7-3-13(4-8-15)1-2-14-5-9-17(21)10-6-14/h1-10,16,19-21H,11-12H2. The van der Waals surface area contributed by atoms with Gasteiger partial charge in [0.1, 0.15) is 12.4 Å². The van der Waals surface area contributed by atoms with Crippen LogP contribution in [0, 0.1) is 0 Å². The first-order valence-corrected chi connectivity index (χ1v) is 6.72. The number of halogens is 1. The SMILES string of the molecule is OCC(CF)Nc1ccc(C=Cc2ccc(O)cc2)cc1. The Balaban J connectivity index is 2.00. The number of aliphatic hydroxyl groups excluding tert-OH is 1. The smallest absolute Gasteiger partial charge is 0.115 e. The van der Waals surface area contributed by atoms with Gasteiger partial charge in [-0.05, 0) is 35.4 Å². The minimum Gasteiger partial charge on any atom is -0.508 e. The highest BCUT2D eigenvalue weighted by atomic mass is 19.1. The number of alkyl halides is 1. The molecule has 21 heavy (non-hydrogen) atoms. The molecular formula is C17H18FNO2. The lowest BCUT2D eigenvalue weighted by Gasteiger charge is -2.13. The number of phenolic OH excluding ortho intramolecular Hbond substituents is 1. The Labute approximate surface area is 123 Å². The third kappa shape index (κ3) is 4.61. The Morgan fingerprint density at radius 3 is 1.95 bits per heavy atom. The Hall–Kier alpha value is -2.33. The molecule has 3 nitrogen and oxygen atoms in total. The monoisotopic (exact) mass is 287 g/mol. The average Bonchev–Trinajstić information content (AvgIpc) is 2.53. The average molecular weight is 287 g/mol. The molecule has 0 amide bonds. The topological polar surface area (TPSA) is 52.5 Å². The third-order valence-electron chi connectivity index (χ3n) is 3.05. The van der Waals surface area contributed by atoms with Gasteiger partial charge in [0.05, 0.1) is 12.6 Å². The quantitative estimate of drug-likeness (QED) is 0.714. The summed E-state index contributed by atoms with van der Waals surface area (Å²) in [7, 11) is 0. The second-order valence-corrected chi connectivity index (χ2v) is 4.73. The first kappa shape index (κ1) is 15.1. The molecule has 0 aromatic heterocycles. The second-order valence-electron chi connectivity index (χ2n) is 4.73. The maximum atomic E-state index is 12.5. The number of aliphatic hydroxyl groups is 1. The molecule has 2 aromatic carbocycles. The van der Waals surface area contributed by atoms with Gasteiger partial charge in [-0.1, -0.05) is 36.4 Å². The van der Waals surface area contributed by atoms with E-state index >= 15 is 0 Å². The molecular weight excluding hydrogens is 269 g/mol. The van der Waals surface area contributed by atoms with E-state index in [1.54, 1.807) is 12.1 Å². The van der Waals surface area contributed by atoms with Gasteiger partial charge in [-0.2, -0.15) is 0 Å². The van der Waals surface area contributed by atoms with E-state index in [0.29, 0.717) is 0 Å². The number of rotatable bonds is 6. The summed E-state index contributed by atoms with van der Waals surface area (Å²) in [6, 6.07) is 13.9. The van der Waals surface area contributed by atoms with E-state index in [4.69, 9.17) is 5.11 Å². The molecule has 1 atom stereocenters. The number of benzene rings is 2. The molecule has 3 N–H and O–H groups in total. The number of hydrogen-bond donors (Lipinski definition) is 3. The molecule has 0 bridgehead atoms. The fourth-order valence-corrected chi connectivity index (χ4v) is 1.84. The van der Waals surface area contributed by atoms with E-state index in [1.807, 2.05) is 48.6 Å². The van der Waals surface area contributed by atoms with Gasteiger partial charge in [-0.3, -0.25) is 0 Å². The van der Waals surface area contributed by atoms with Crippen LogP contribution in [0.15, 0.2) is 48.5 Å². The van der Waals surface area contributed by atoms with Crippen LogP contribution in [-0.4, -0.2) is 29.5 Å². The van der Waals surface area contributed by atoms with Crippen molar-refractivity contribution in [3.63, 3.8) is 0 Å². The third-order valence-corrected chi connectivity index (χ3v) is 3.05. The van der Waals surface area contributed by atoms with Gasteiger partial charge in [0.15, 0.2) is 0 Å². The zero-order valence-electron chi connectivity index (χ0n) is 11.5. The van der Waals surface area contributed by atoms with Gasteiger partial charge >= 0.3 is 0 Å². The predicted molar refractivity (Wildman–Crippen MR) is 83.9 cm³/mol. The van der Waals surface area contributed by atoms with Crippen LogP contribution >= 0.6 is 0 Å². The molecule has 0 saturated carbocycles. The Kier molecular flexibility index (Phi) is 5.35. The summed E-state index contributed by atoms with van der Waals surface area (Å²) in [6.45, 7) is -0.849. The predicted octanol–water partition coefficient (Wildman–Crippen LogP) is 3.30. The maximum Gasteiger partial charge on any atom is 0.115 e. The van der Waals surface area contributed by atoms with E-state index in [0.717, 1.165) is 16.8 Å². The number of nitrogens with one attached hydrogen (secondary N) is 1. The molecule has 110 valence electrons. The number of anilines is 1. The normalized spacial score (nSPS) is 12.5. The summed E-state index contributed by atoms with van der Waals surface area (Å²) in [6.07, 6.45) is 3.90. The molecule has 2 aromatic rings. The van der Waals surface area contributed by atoms with Gasteiger partial charge in [0.25, 0.3) is 0 Å². The van der Waals surface area contributed by atoms with Gasteiger partial charge in [0, 0.05) is 5.69 Å². The van der Waals surface area contributed by atoms with Crippen molar-refractivity contribution >= 4 is 17.8 Å². The Morgan fingerprint density at radius 2 is 1.48 bits per heavy atom. The Bertz CT molecular complexity index is 575. The molecule has 0 aliphatic carbocycles. The fraction of sp³-hybridized carbons (Fsp3) is 0.176. The van der Waals surface area contributed by atoms with Crippen LogP contribution in [0.4, 0.5) is 10.1 Å². The molecule has 0 fully saturated rings. The first-order chi connectivity index (χ1) is 10.2. The lowest BCUT2D eigenvalue weighted by atomic mass is 10.1. The molecule has 0 saturated heterocycles. The zero-order chi connectivity index (χ0) is 15.1. The number of phenols is 1. The summed E-state index contributed by atoms with van der Waals surface area (Å²) in [4.78, 5) is 0. The molecule has 2 rings (SSSR count). The van der Waals surface area contributed by atoms with Crippen LogP contribution in [0.3, 0.4) is 0 Å². The van der Waals surface area contributed by atoms with Gasteiger partial charge in [-0.15, -0.1) is 0 Å². The van der Waals surface area contributed by atoms with E-state index in [9.17, 15) is 9.50 Å². The van der Waals surface area contributed by atoms with Crippen LogP contribution in [0.1, 0.15) is 11.1 Å². The highest BCUT2D eigenvalue weighted by Gasteiger charge is 2.05. The van der Waals surface area contributed by atoms with Crippen molar-refractivity contribution in [2.24, 2.45) is 0 Å². The van der Waals surface area contributed by atoms with E-state index < -0.39 is 12.7 Å². The maximum absolute atomic E-state index is 12.5. The Morgan fingerprint density at radius 1 is 0.952 bits per heavy atom. The minimum atomic E-state index is -0.612.